The number of hydrogen-bond acceptors (Lipinski definition) is 9. The van der Waals surface area contributed by atoms with Crippen LogP contribution in [0.1, 0.15) is 27.7 Å². The minimum Gasteiger partial charge on any atom is -0.493 e. The second kappa shape index (κ2) is 10.4. The largest absolute Gasteiger partial charge is 0.493 e. The Labute approximate surface area is 206 Å². The van der Waals surface area contributed by atoms with E-state index in [2.05, 4.69) is 14.8 Å². The quantitative estimate of drug-likeness (QED) is 0.597. The summed E-state index contributed by atoms with van der Waals surface area (Å²) in [5.41, 5.74) is 0.995. The first-order valence-corrected chi connectivity index (χ1v) is 12.9. The number of hydrogen-bond donors (Lipinski definition) is 1. The molecule has 1 atom stereocenters. The average Bonchev–Trinajstić information content (AvgIpc) is 2.79. The van der Waals surface area contributed by atoms with Gasteiger partial charge in [-0.05, 0) is 39.8 Å². The van der Waals surface area contributed by atoms with Gasteiger partial charge in [0.15, 0.2) is 11.5 Å². The topological polar surface area (TPSA) is 128 Å². The van der Waals surface area contributed by atoms with Crippen molar-refractivity contribution in [1.82, 2.24) is 14.2 Å². The van der Waals surface area contributed by atoms with Gasteiger partial charge in [0.1, 0.15) is 5.60 Å². The number of piperazine rings is 1. The second-order valence-electron chi connectivity index (χ2n) is 9.48. The van der Waals surface area contributed by atoms with Crippen molar-refractivity contribution in [3.05, 3.63) is 24.4 Å². The molecule has 0 spiro atoms. The van der Waals surface area contributed by atoms with Gasteiger partial charge in [-0.1, -0.05) is 0 Å². The van der Waals surface area contributed by atoms with E-state index in [-0.39, 0.29) is 12.6 Å². The zero-order chi connectivity index (χ0) is 26.0. The predicted molar refractivity (Wildman–Crippen MR) is 134 cm³/mol. The maximum absolute atomic E-state index is 12.5. The number of amides is 1. The van der Waals surface area contributed by atoms with E-state index in [0.717, 1.165) is 16.6 Å². The molecule has 194 valence electrons. The zero-order valence-electron chi connectivity index (χ0n) is 21.1. The Kier molecular flexibility index (Phi) is 7.97. The van der Waals surface area contributed by atoms with Crippen molar-refractivity contribution in [2.75, 3.05) is 51.8 Å². The van der Waals surface area contributed by atoms with Gasteiger partial charge in [-0.15, -0.1) is 0 Å². The highest BCUT2D eigenvalue weighted by Gasteiger charge is 2.33. The molecule has 3 rings (SSSR count). The number of methoxy groups -OCH3 is 2. The van der Waals surface area contributed by atoms with Crippen molar-refractivity contribution < 1.29 is 27.4 Å². The Morgan fingerprint density at radius 1 is 1.14 bits per heavy atom. The summed E-state index contributed by atoms with van der Waals surface area (Å²) in [6.07, 6.45) is 0.793. The number of fused-ring (bicyclic) bond motifs is 1. The van der Waals surface area contributed by atoms with Gasteiger partial charge in [0, 0.05) is 55.6 Å². The molecule has 11 nitrogen and oxygen atoms in total. The Balaban J connectivity index is 1.72. The van der Waals surface area contributed by atoms with Crippen LogP contribution in [0.4, 0.5) is 10.5 Å². The minimum atomic E-state index is -4.27. The van der Waals surface area contributed by atoms with Crippen molar-refractivity contribution in [1.29, 1.82) is 0 Å². The summed E-state index contributed by atoms with van der Waals surface area (Å²) in [6, 6.07) is 5.50. The predicted octanol–water partition coefficient (Wildman–Crippen LogP) is 2.20. The maximum atomic E-state index is 12.5. The number of benzene rings is 1. The number of carbonyl (C=O) groups is 1. The molecule has 0 aliphatic carbocycles. The third kappa shape index (κ3) is 6.44. The molecular weight excluding hydrogens is 474 g/mol. The fourth-order valence-electron chi connectivity index (χ4n) is 4.09. The van der Waals surface area contributed by atoms with Crippen LogP contribution < -0.4 is 19.5 Å². The summed E-state index contributed by atoms with van der Waals surface area (Å²) in [5, 5.41) is 6.27. The molecule has 2 aromatic rings. The SMILES string of the molecule is COc1cc2nccc(N3CCN(C(C)CN(C(=O)OC(C)(C)C)S(N)(=O)=O)CC3)c2cc1OC. The van der Waals surface area contributed by atoms with Crippen molar-refractivity contribution in [3.63, 3.8) is 0 Å². The molecule has 0 saturated carbocycles. The van der Waals surface area contributed by atoms with E-state index in [9.17, 15) is 13.2 Å². The van der Waals surface area contributed by atoms with Crippen molar-refractivity contribution >= 4 is 32.9 Å². The molecule has 2 heterocycles. The number of pyridine rings is 1. The van der Waals surface area contributed by atoms with Crippen LogP contribution in [0, 0.1) is 0 Å². The summed E-state index contributed by atoms with van der Waals surface area (Å²) in [6.45, 7) is 9.55. The molecule has 1 aliphatic rings. The van der Waals surface area contributed by atoms with Crippen molar-refractivity contribution in [2.24, 2.45) is 5.14 Å². The highest BCUT2D eigenvalue weighted by Crippen LogP contribution is 2.36. The van der Waals surface area contributed by atoms with Gasteiger partial charge < -0.3 is 19.1 Å². The normalized spacial score (nSPS) is 16.1. The monoisotopic (exact) mass is 509 g/mol. The van der Waals surface area contributed by atoms with Gasteiger partial charge in [-0.25, -0.2) is 9.93 Å². The average molecular weight is 510 g/mol. The summed E-state index contributed by atoms with van der Waals surface area (Å²) >= 11 is 0. The van der Waals surface area contributed by atoms with Gasteiger partial charge in [0.25, 0.3) is 0 Å². The molecule has 12 heteroatoms. The first kappa shape index (κ1) is 26.8. The van der Waals surface area contributed by atoms with E-state index < -0.39 is 21.9 Å². The second-order valence-corrected chi connectivity index (χ2v) is 11.0. The standard InChI is InChI=1S/C23H35N5O6S/c1-16(15-28(35(24,30)31)22(29)34-23(2,3)4)26-9-11-27(12-10-26)19-7-8-25-18-14-21(33-6)20(32-5)13-17(18)19/h7-8,13-14,16H,9-12,15H2,1-6H3,(H2,24,30,31). The van der Waals surface area contributed by atoms with E-state index in [0.29, 0.717) is 42.0 Å². The molecule has 1 unspecified atom stereocenters. The Bertz CT molecular complexity index is 1160. The molecular formula is C23H35N5O6S. The lowest BCUT2D eigenvalue weighted by atomic mass is 10.1. The van der Waals surface area contributed by atoms with Gasteiger partial charge in [0.2, 0.25) is 0 Å². The van der Waals surface area contributed by atoms with Crippen molar-refractivity contribution in [3.8, 4) is 11.5 Å². The minimum absolute atomic E-state index is 0.0943. The smallest absolute Gasteiger partial charge is 0.425 e. The number of carbonyl (C=O) groups excluding carboxylic acids is 1. The fourth-order valence-corrected chi connectivity index (χ4v) is 4.76. The molecule has 0 bridgehead atoms. The van der Waals surface area contributed by atoms with Crippen LogP contribution >= 0.6 is 0 Å². The lowest BCUT2D eigenvalue weighted by Gasteiger charge is -2.40. The van der Waals surface area contributed by atoms with Crippen LogP contribution in [-0.4, -0.2) is 87.3 Å². The number of nitrogens with two attached hydrogens (primary N) is 1. The molecule has 35 heavy (non-hydrogen) atoms. The highest BCUT2D eigenvalue weighted by atomic mass is 32.2. The molecule has 2 N–H and O–H groups in total. The molecule has 1 saturated heterocycles. The van der Waals surface area contributed by atoms with Crippen LogP contribution in [0.3, 0.4) is 0 Å². The third-order valence-electron chi connectivity index (χ3n) is 5.84. The molecule has 1 aromatic carbocycles. The number of rotatable bonds is 7. The lowest BCUT2D eigenvalue weighted by Crippen LogP contribution is -2.55. The molecule has 1 amide bonds. The van der Waals surface area contributed by atoms with Crippen molar-refractivity contribution in [2.45, 2.75) is 39.3 Å². The lowest BCUT2D eigenvalue weighted by molar-refractivity contribution is 0.0353. The third-order valence-corrected chi connectivity index (χ3v) is 6.75. The number of aromatic nitrogens is 1. The van der Waals surface area contributed by atoms with Crippen LogP contribution in [0.25, 0.3) is 10.9 Å². The summed E-state index contributed by atoms with van der Waals surface area (Å²) in [4.78, 5) is 21.3. The molecule has 1 aliphatic heterocycles. The Morgan fingerprint density at radius 3 is 2.29 bits per heavy atom. The summed E-state index contributed by atoms with van der Waals surface area (Å²) < 4.78 is 40.9. The first-order valence-electron chi connectivity index (χ1n) is 11.4. The van der Waals surface area contributed by atoms with E-state index in [4.69, 9.17) is 19.3 Å². The van der Waals surface area contributed by atoms with Crippen LogP contribution in [0.15, 0.2) is 24.4 Å². The van der Waals surface area contributed by atoms with E-state index in [1.165, 1.54) is 0 Å². The van der Waals surface area contributed by atoms with Gasteiger partial charge in [-0.2, -0.15) is 12.7 Å². The number of anilines is 1. The Morgan fingerprint density at radius 2 is 1.74 bits per heavy atom. The van der Waals surface area contributed by atoms with Gasteiger partial charge >= 0.3 is 16.3 Å². The number of nitrogens with zero attached hydrogens (tertiary/aromatic N) is 4. The van der Waals surface area contributed by atoms with Crippen LogP contribution in [0.5, 0.6) is 11.5 Å². The van der Waals surface area contributed by atoms with E-state index >= 15 is 0 Å². The Hall–Kier alpha value is -2.83. The maximum Gasteiger partial charge on any atom is 0.425 e. The fraction of sp³-hybridized carbons (Fsp3) is 0.565. The zero-order valence-corrected chi connectivity index (χ0v) is 22.0. The molecule has 1 aromatic heterocycles. The van der Waals surface area contributed by atoms with Crippen LogP contribution in [0.2, 0.25) is 0 Å². The van der Waals surface area contributed by atoms with Gasteiger partial charge in [0.05, 0.1) is 26.3 Å². The first-order chi connectivity index (χ1) is 16.3. The highest BCUT2D eigenvalue weighted by molar-refractivity contribution is 7.87. The summed E-state index contributed by atoms with van der Waals surface area (Å²) in [5.74, 6) is 1.25. The van der Waals surface area contributed by atoms with E-state index in [1.807, 2.05) is 25.1 Å². The van der Waals surface area contributed by atoms with Gasteiger partial charge in [-0.3, -0.25) is 9.88 Å². The molecule has 1 fully saturated rings. The number of ether oxygens (including phenoxy) is 3. The summed E-state index contributed by atoms with van der Waals surface area (Å²) in [7, 11) is -1.08. The van der Waals surface area contributed by atoms with E-state index in [1.54, 1.807) is 41.2 Å². The van der Waals surface area contributed by atoms with Crippen LogP contribution in [-0.2, 0) is 14.9 Å². The molecule has 0 radical (unpaired) electrons.